The van der Waals surface area contributed by atoms with Crippen LogP contribution in [-0.4, -0.2) is 59.6 Å². The number of carbonyl (C=O) groups is 5. The molecule has 3 aromatic carbocycles. The van der Waals surface area contributed by atoms with E-state index in [1.807, 2.05) is 42.5 Å². The third-order valence-electron chi connectivity index (χ3n) is 9.12. The largest absolute Gasteiger partial charge is 0.346 e. The number of amides is 4. The van der Waals surface area contributed by atoms with Crippen LogP contribution >= 0.6 is 0 Å². The van der Waals surface area contributed by atoms with Gasteiger partial charge >= 0.3 is 0 Å². The van der Waals surface area contributed by atoms with Crippen LogP contribution in [0.25, 0.3) is 16.8 Å². The van der Waals surface area contributed by atoms with E-state index in [2.05, 4.69) is 16.7 Å². The molecule has 4 amide bonds. The van der Waals surface area contributed by atoms with Crippen molar-refractivity contribution in [2.45, 2.75) is 51.1 Å². The molecule has 10 nitrogen and oxygen atoms in total. The van der Waals surface area contributed by atoms with Crippen LogP contribution in [0.2, 0.25) is 0 Å². The maximum Gasteiger partial charge on any atom is 0.255 e. The number of nitrogens with zero attached hydrogens (tertiary/aromatic N) is 3. The van der Waals surface area contributed by atoms with Gasteiger partial charge in [0.05, 0.1) is 36.1 Å². The highest BCUT2D eigenvalue weighted by atomic mass is 16.2. The van der Waals surface area contributed by atoms with E-state index < -0.39 is 53.3 Å². The molecule has 1 aliphatic heterocycles. The number of benzene rings is 3. The molecule has 242 valence electrons. The van der Waals surface area contributed by atoms with Crippen molar-refractivity contribution in [3.63, 3.8) is 0 Å². The normalized spacial score (nSPS) is 19.7. The van der Waals surface area contributed by atoms with Crippen molar-refractivity contribution in [1.29, 1.82) is 5.26 Å². The van der Waals surface area contributed by atoms with E-state index in [1.165, 1.54) is 11.1 Å². The SMILES string of the molecule is C[C@@H]1C(=O)N(N(C)C)C(=O)[C@H]1C(=O)C(NC(=O)CC(NC(=O)/C=C/c1ccc(C#N)cc1)c1ccc2ccccc2c1)C1CCCC1. The number of imide groups is 1. The second kappa shape index (κ2) is 14.5. The lowest BCUT2D eigenvalue weighted by atomic mass is 9.83. The van der Waals surface area contributed by atoms with E-state index in [0.717, 1.165) is 52.6 Å². The van der Waals surface area contributed by atoms with Crippen LogP contribution < -0.4 is 10.6 Å². The van der Waals surface area contributed by atoms with Gasteiger partial charge in [-0.2, -0.15) is 5.26 Å². The zero-order valence-electron chi connectivity index (χ0n) is 26.8. The molecule has 1 saturated heterocycles. The monoisotopic (exact) mass is 633 g/mol. The molecule has 47 heavy (non-hydrogen) atoms. The second-order valence-electron chi connectivity index (χ2n) is 12.5. The third kappa shape index (κ3) is 7.47. The van der Waals surface area contributed by atoms with Crippen molar-refractivity contribution in [1.82, 2.24) is 20.7 Å². The maximum atomic E-state index is 14.0. The number of fused-ring (bicyclic) bond motifs is 1. The summed E-state index contributed by atoms with van der Waals surface area (Å²) in [5.41, 5.74) is 1.96. The van der Waals surface area contributed by atoms with Crippen molar-refractivity contribution in [2.24, 2.45) is 17.8 Å². The Bertz CT molecular complexity index is 1750. The van der Waals surface area contributed by atoms with Crippen molar-refractivity contribution in [3.8, 4) is 6.07 Å². The number of nitrogens with one attached hydrogen (secondary N) is 2. The smallest absolute Gasteiger partial charge is 0.255 e. The maximum absolute atomic E-state index is 14.0. The van der Waals surface area contributed by atoms with Gasteiger partial charge in [0.1, 0.15) is 5.92 Å². The lowest BCUT2D eigenvalue weighted by molar-refractivity contribution is -0.155. The van der Waals surface area contributed by atoms with Crippen molar-refractivity contribution in [2.75, 3.05) is 14.1 Å². The molecule has 0 bridgehead atoms. The van der Waals surface area contributed by atoms with Gasteiger partial charge in [0.2, 0.25) is 17.7 Å². The van der Waals surface area contributed by atoms with Crippen molar-refractivity contribution < 1.29 is 24.0 Å². The third-order valence-corrected chi connectivity index (χ3v) is 9.12. The minimum Gasteiger partial charge on any atom is -0.346 e. The lowest BCUT2D eigenvalue weighted by Gasteiger charge is -2.28. The summed E-state index contributed by atoms with van der Waals surface area (Å²) in [7, 11) is 3.15. The van der Waals surface area contributed by atoms with Crippen molar-refractivity contribution in [3.05, 3.63) is 89.5 Å². The predicted octanol–water partition coefficient (Wildman–Crippen LogP) is 4.31. The molecule has 3 aromatic rings. The molecule has 2 fully saturated rings. The molecule has 2 unspecified atom stereocenters. The summed E-state index contributed by atoms with van der Waals surface area (Å²) in [5, 5.41) is 19.3. The molecule has 0 radical (unpaired) electrons. The minimum atomic E-state index is -1.18. The summed E-state index contributed by atoms with van der Waals surface area (Å²) >= 11 is 0. The van der Waals surface area contributed by atoms with Gasteiger partial charge in [-0.05, 0) is 64.9 Å². The van der Waals surface area contributed by atoms with Gasteiger partial charge in [0.15, 0.2) is 5.78 Å². The van der Waals surface area contributed by atoms with Crippen LogP contribution in [0.15, 0.2) is 72.8 Å². The number of hydrogen-bond donors (Lipinski definition) is 2. The Kier molecular flexibility index (Phi) is 10.3. The van der Waals surface area contributed by atoms with Crippen LogP contribution in [0.5, 0.6) is 0 Å². The predicted molar refractivity (Wildman–Crippen MR) is 177 cm³/mol. The van der Waals surface area contributed by atoms with Crippen LogP contribution in [-0.2, 0) is 24.0 Å². The zero-order chi connectivity index (χ0) is 33.7. The first kappa shape index (κ1) is 33.2. The number of nitriles is 1. The fourth-order valence-electron chi connectivity index (χ4n) is 6.61. The zero-order valence-corrected chi connectivity index (χ0v) is 26.8. The Labute approximate surface area is 274 Å². The topological polar surface area (TPSA) is 140 Å². The Morgan fingerprint density at radius 1 is 0.957 bits per heavy atom. The quantitative estimate of drug-likeness (QED) is 0.182. The van der Waals surface area contributed by atoms with Gasteiger partial charge in [0, 0.05) is 20.2 Å². The van der Waals surface area contributed by atoms with E-state index in [9.17, 15) is 24.0 Å². The van der Waals surface area contributed by atoms with E-state index >= 15 is 0 Å². The Morgan fingerprint density at radius 3 is 2.28 bits per heavy atom. The van der Waals surface area contributed by atoms with Gasteiger partial charge in [-0.1, -0.05) is 68.3 Å². The highest BCUT2D eigenvalue weighted by Gasteiger charge is 2.52. The standard InChI is InChI=1S/C37H39N5O5/c1-23-33(37(47)42(36(23)46)41(2)3)35(45)34(27-9-5-6-10-27)40-32(44)21-30(29-18-17-26-8-4-7-11-28(26)20-29)39-31(43)19-16-24-12-14-25(22-38)15-13-24/h4,7-8,11-20,23,27,30,33-34H,5-6,9-10,21H2,1-3H3,(H,39,43)(H,40,44)/b19-16+/t23-,30?,33+,34?/m0/s1. The number of rotatable bonds is 11. The molecule has 1 saturated carbocycles. The molecule has 4 atom stereocenters. The van der Waals surface area contributed by atoms with E-state index in [0.29, 0.717) is 5.56 Å². The molecule has 1 heterocycles. The molecule has 0 spiro atoms. The van der Waals surface area contributed by atoms with Gasteiger partial charge in [-0.15, -0.1) is 0 Å². The molecule has 1 aliphatic carbocycles. The summed E-state index contributed by atoms with van der Waals surface area (Å²) in [6, 6.07) is 20.7. The minimum absolute atomic E-state index is 0.151. The van der Waals surface area contributed by atoms with E-state index in [4.69, 9.17) is 5.26 Å². The van der Waals surface area contributed by atoms with Gasteiger partial charge in [-0.25, -0.2) is 10.0 Å². The Morgan fingerprint density at radius 2 is 1.64 bits per heavy atom. The van der Waals surface area contributed by atoms with Gasteiger partial charge in [0.25, 0.3) is 5.91 Å². The number of Topliss-reactive ketones (excluding diaryl/α,β-unsaturated/α-hetero) is 1. The highest BCUT2D eigenvalue weighted by Crippen LogP contribution is 2.34. The number of carbonyl (C=O) groups excluding carboxylic acids is 5. The molecule has 0 aromatic heterocycles. The number of hydrazine groups is 1. The average molecular weight is 634 g/mol. The first-order valence-corrected chi connectivity index (χ1v) is 15.9. The van der Waals surface area contributed by atoms with E-state index in [-0.39, 0.29) is 12.3 Å². The average Bonchev–Trinajstić information content (AvgIpc) is 3.68. The summed E-state index contributed by atoms with van der Waals surface area (Å²) in [5.74, 6) is -4.51. The summed E-state index contributed by atoms with van der Waals surface area (Å²) in [6.07, 6.45) is 6.11. The fourth-order valence-corrected chi connectivity index (χ4v) is 6.61. The van der Waals surface area contributed by atoms with Gasteiger partial charge in [-0.3, -0.25) is 24.0 Å². The van der Waals surface area contributed by atoms with Crippen molar-refractivity contribution >= 4 is 46.3 Å². The Hall–Kier alpha value is -5.14. The lowest BCUT2D eigenvalue weighted by Crippen LogP contribution is -2.51. The fraction of sp³-hybridized carbons (Fsp3) is 0.351. The van der Waals surface area contributed by atoms with Crippen LogP contribution in [0.1, 0.15) is 61.8 Å². The Balaban J connectivity index is 1.38. The first-order chi connectivity index (χ1) is 22.6. The summed E-state index contributed by atoms with van der Waals surface area (Å²) in [4.78, 5) is 67.1. The van der Waals surface area contributed by atoms with Crippen LogP contribution in [0.4, 0.5) is 0 Å². The molecular weight excluding hydrogens is 594 g/mol. The molecular formula is C37H39N5O5. The molecule has 2 aliphatic rings. The van der Waals surface area contributed by atoms with Gasteiger partial charge < -0.3 is 10.6 Å². The second-order valence-corrected chi connectivity index (χ2v) is 12.5. The first-order valence-electron chi connectivity index (χ1n) is 15.9. The number of hydrogen-bond acceptors (Lipinski definition) is 7. The number of ketones is 1. The van der Waals surface area contributed by atoms with Crippen LogP contribution in [0.3, 0.4) is 0 Å². The van der Waals surface area contributed by atoms with Crippen LogP contribution in [0, 0.1) is 29.1 Å². The molecule has 5 rings (SSSR count). The van der Waals surface area contributed by atoms with E-state index in [1.54, 1.807) is 51.4 Å². The highest BCUT2D eigenvalue weighted by molar-refractivity contribution is 6.16. The molecule has 2 N–H and O–H groups in total. The summed E-state index contributed by atoms with van der Waals surface area (Å²) in [6.45, 7) is 1.58. The molecule has 10 heteroatoms. The summed E-state index contributed by atoms with van der Waals surface area (Å²) < 4.78 is 0.